The summed E-state index contributed by atoms with van der Waals surface area (Å²) in [7, 11) is 0. The number of nitrogens with zero attached hydrogens (tertiary/aromatic N) is 3. The third-order valence-corrected chi connectivity index (χ3v) is 2.53. The number of aromatic nitrogens is 3. The normalized spacial score (nSPS) is 10.3. The van der Waals surface area contributed by atoms with Crippen molar-refractivity contribution in [1.29, 1.82) is 0 Å². The molecule has 0 radical (unpaired) electrons. The highest BCUT2D eigenvalue weighted by molar-refractivity contribution is 5.63. The molecule has 3 rings (SSSR count). The van der Waals surface area contributed by atoms with Gasteiger partial charge in [0.2, 0.25) is 5.95 Å². The van der Waals surface area contributed by atoms with Crippen molar-refractivity contribution in [3.63, 3.8) is 0 Å². The highest BCUT2D eigenvalue weighted by atomic mass is 16.3. The second kappa shape index (κ2) is 4.77. The van der Waals surface area contributed by atoms with Crippen LogP contribution in [0.25, 0.3) is 11.3 Å². The molecular formula is C13H11N5O. The van der Waals surface area contributed by atoms with Crippen LogP contribution in [0.1, 0.15) is 0 Å². The molecule has 0 aliphatic rings. The van der Waals surface area contributed by atoms with Gasteiger partial charge in [0.15, 0.2) is 12.2 Å². The Balaban J connectivity index is 1.80. The molecule has 94 valence electrons. The van der Waals surface area contributed by atoms with Gasteiger partial charge in [-0.1, -0.05) is 0 Å². The third-order valence-electron chi connectivity index (χ3n) is 2.53. The van der Waals surface area contributed by atoms with Gasteiger partial charge in [-0.05, 0) is 30.3 Å². The van der Waals surface area contributed by atoms with E-state index in [1.807, 2.05) is 24.3 Å². The second-order valence-electron chi connectivity index (χ2n) is 3.87. The van der Waals surface area contributed by atoms with E-state index in [4.69, 9.17) is 10.2 Å². The van der Waals surface area contributed by atoms with Crippen LogP contribution in [0.5, 0.6) is 0 Å². The molecule has 0 atom stereocenters. The summed E-state index contributed by atoms with van der Waals surface area (Å²) in [6.45, 7) is 0. The number of rotatable bonds is 3. The molecule has 6 nitrogen and oxygen atoms in total. The number of anilines is 3. The maximum absolute atomic E-state index is 5.59. The lowest BCUT2D eigenvalue weighted by Gasteiger charge is -2.05. The van der Waals surface area contributed by atoms with Crippen molar-refractivity contribution in [2.75, 3.05) is 11.1 Å². The lowest BCUT2D eigenvalue weighted by atomic mass is 10.2. The van der Waals surface area contributed by atoms with Crippen LogP contribution in [-0.2, 0) is 0 Å². The molecule has 0 aliphatic carbocycles. The molecule has 0 aliphatic heterocycles. The second-order valence-corrected chi connectivity index (χ2v) is 3.87. The Kier molecular flexibility index (Phi) is 2.82. The third kappa shape index (κ3) is 2.52. The topological polar surface area (TPSA) is 89.9 Å². The summed E-state index contributed by atoms with van der Waals surface area (Å²) >= 11 is 0. The van der Waals surface area contributed by atoms with Gasteiger partial charge in [0, 0.05) is 17.4 Å². The van der Waals surface area contributed by atoms with E-state index in [0.717, 1.165) is 17.0 Å². The molecule has 0 unspecified atom stereocenters. The summed E-state index contributed by atoms with van der Waals surface area (Å²) in [6.07, 6.45) is 4.68. The fourth-order valence-corrected chi connectivity index (χ4v) is 1.64. The standard InChI is InChI=1S/C13H11N5O/c14-12-5-6-16-13(18-12)17-10-3-1-9(2-4-10)11-7-15-8-19-11/h1-8H,(H3,14,16,17,18). The minimum Gasteiger partial charge on any atom is -0.444 e. The highest BCUT2D eigenvalue weighted by Crippen LogP contribution is 2.21. The molecular weight excluding hydrogens is 242 g/mol. The van der Waals surface area contributed by atoms with Gasteiger partial charge in [-0.3, -0.25) is 0 Å². The fraction of sp³-hybridized carbons (Fsp3) is 0. The van der Waals surface area contributed by atoms with E-state index in [0.29, 0.717) is 11.8 Å². The maximum Gasteiger partial charge on any atom is 0.229 e. The quantitative estimate of drug-likeness (QED) is 0.745. The van der Waals surface area contributed by atoms with Gasteiger partial charge in [0.05, 0.1) is 6.20 Å². The SMILES string of the molecule is Nc1ccnc(Nc2ccc(-c3cnco3)cc2)n1. The van der Waals surface area contributed by atoms with Crippen LogP contribution in [-0.4, -0.2) is 15.0 Å². The molecule has 0 saturated heterocycles. The average Bonchev–Trinajstić information content (AvgIpc) is 2.94. The van der Waals surface area contributed by atoms with Gasteiger partial charge >= 0.3 is 0 Å². The van der Waals surface area contributed by atoms with E-state index in [1.165, 1.54) is 6.39 Å². The van der Waals surface area contributed by atoms with Crippen molar-refractivity contribution in [2.24, 2.45) is 0 Å². The number of nitrogens with two attached hydrogens (primary N) is 1. The molecule has 0 saturated carbocycles. The number of benzene rings is 1. The van der Waals surface area contributed by atoms with Crippen molar-refractivity contribution in [1.82, 2.24) is 15.0 Å². The van der Waals surface area contributed by atoms with Crippen LogP contribution < -0.4 is 11.1 Å². The predicted octanol–water partition coefficient (Wildman–Crippen LogP) is 2.46. The van der Waals surface area contributed by atoms with Crippen LogP contribution in [0, 0.1) is 0 Å². The van der Waals surface area contributed by atoms with Gasteiger partial charge in [-0.25, -0.2) is 9.97 Å². The molecule has 3 aromatic rings. The first kappa shape index (κ1) is 11.2. The van der Waals surface area contributed by atoms with E-state index in [-0.39, 0.29) is 0 Å². The van der Waals surface area contributed by atoms with Crippen LogP contribution in [0.15, 0.2) is 53.5 Å². The van der Waals surface area contributed by atoms with Crippen molar-refractivity contribution in [3.8, 4) is 11.3 Å². The Labute approximate surface area is 109 Å². The summed E-state index contributed by atoms with van der Waals surface area (Å²) in [5, 5.41) is 3.07. The number of nitrogens with one attached hydrogen (secondary N) is 1. The molecule has 2 aromatic heterocycles. The van der Waals surface area contributed by atoms with Crippen LogP contribution in [0.4, 0.5) is 17.5 Å². The number of oxazole rings is 1. The monoisotopic (exact) mass is 253 g/mol. The van der Waals surface area contributed by atoms with Crippen molar-refractivity contribution in [3.05, 3.63) is 49.1 Å². The summed E-state index contributed by atoms with van der Waals surface area (Å²) < 4.78 is 5.22. The number of nitrogen functional groups attached to an aromatic ring is 1. The number of hydrogen-bond acceptors (Lipinski definition) is 6. The zero-order chi connectivity index (χ0) is 13.1. The molecule has 1 aromatic carbocycles. The summed E-state index contributed by atoms with van der Waals surface area (Å²) in [6, 6.07) is 9.30. The number of hydrogen-bond donors (Lipinski definition) is 2. The van der Waals surface area contributed by atoms with Gasteiger partial charge in [0.25, 0.3) is 0 Å². The maximum atomic E-state index is 5.59. The fourth-order valence-electron chi connectivity index (χ4n) is 1.64. The van der Waals surface area contributed by atoms with E-state index >= 15 is 0 Å². The molecule has 19 heavy (non-hydrogen) atoms. The lowest BCUT2D eigenvalue weighted by molar-refractivity contribution is 0.572. The highest BCUT2D eigenvalue weighted by Gasteiger charge is 2.02. The van der Waals surface area contributed by atoms with Gasteiger partial charge in [-0.2, -0.15) is 4.98 Å². The van der Waals surface area contributed by atoms with Crippen molar-refractivity contribution >= 4 is 17.5 Å². The van der Waals surface area contributed by atoms with Crippen LogP contribution in [0.2, 0.25) is 0 Å². The minimum atomic E-state index is 0.427. The zero-order valence-electron chi connectivity index (χ0n) is 9.95. The van der Waals surface area contributed by atoms with E-state index in [2.05, 4.69) is 20.3 Å². The van der Waals surface area contributed by atoms with E-state index < -0.39 is 0 Å². The lowest BCUT2D eigenvalue weighted by Crippen LogP contribution is -1.99. The molecule has 0 fully saturated rings. The smallest absolute Gasteiger partial charge is 0.229 e. The Morgan fingerprint density at radius 3 is 2.63 bits per heavy atom. The van der Waals surface area contributed by atoms with Crippen LogP contribution >= 0.6 is 0 Å². The minimum absolute atomic E-state index is 0.427. The molecule has 3 N–H and O–H groups in total. The molecule has 0 amide bonds. The van der Waals surface area contributed by atoms with Crippen molar-refractivity contribution < 1.29 is 4.42 Å². The van der Waals surface area contributed by atoms with Gasteiger partial charge in [-0.15, -0.1) is 0 Å². The summed E-state index contributed by atoms with van der Waals surface area (Å²) in [5.74, 6) is 1.62. The Hall–Kier alpha value is -2.89. The molecule has 0 bridgehead atoms. The largest absolute Gasteiger partial charge is 0.444 e. The Morgan fingerprint density at radius 2 is 1.95 bits per heavy atom. The Bertz CT molecular complexity index is 664. The van der Waals surface area contributed by atoms with E-state index in [1.54, 1.807) is 18.5 Å². The van der Waals surface area contributed by atoms with Crippen molar-refractivity contribution in [2.45, 2.75) is 0 Å². The summed E-state index contributed by atoms with van der Waals surface area (Å²) in [5.41, 5.74) is 7.41. The first-order valence-electron chi connectivity index (χ1n) is 5.66. The predicted molar refractivity (Wildman–Crippen MR) is 71.7 cm³/mol. The summed E-state index contributed by atoms with van der Waals surface area (Å²) in [4.78, 5) is 12.0. The molecule has 2 heterocycles. The average molecular weight is 253 g/mol. The van der Waals surface area contributed by atoms with Gasteiger partial charge < -0.3 is 15.5 Å². The zero-order valence-corrected chi connectivity index (χ0v) is 9.95. The molecule has 6 heteroatoms. The Morgan fingerprint density at radius 1 is 1.11 bits per heavy atom. The van der Waals surface area contributed by atoms with Gasteiger partial charge in [0.1, 0.15) is 5.82 Å². The molecule has 0 spiro atoms. The first-order valence-corrected chi connectivity index (χ1v) is 5.66. The van der Waals surface area contributed by atoms with Crippen LogP contribution in [0.3, 0.4) is 0 Å². The van der Waals surface area contributed by atoms with E-state index in [9.17, 15) is 0 Å². The first-order chi connectivity index (χ1) is 9.31.